The monoisotopic (exact) mass is 355 g/mol. The number of amides is 1. The second-order valence-electron chi connectivity index (χ2n) is 6.59. The number of ether oxygens (including phenoxy) is 1. The first-order chi connectivity index (χ1) is 13.3. The van der Waals surface area contributed by atoms with Crippen molar-refractivity contribution in [1.29, 1.82) is 0 Å². The van der Waals surface area contributed by atoms with Crippen LogP contribution in [0.5, 0.6) is 5.75 Å². The molecule has 0 spiro atoms. The fourth-order valence-electron chi connectivity index (χ4n) is 3.49. The van der Waals surface area contributed by atoms with Gasteiger partial charge < -0.3 is 9.64 Å². The molecule has 0 aromatic heterocycles. The quantitative estimate of drug-likeness (QED) is 0.667. The van der Waals surface area contributed by atoms with Gasteiger partial charge in [-0.1, -0.05) is 72.8 Å². The molecular formula is C24H21NO2. The van der Waals surface area contributed by atoms with Crippen LogP contribution in [0.25, 0.3) is 11.1 Å². The SMILES string of the molecule is COc1ccc(CN2CC(c3ccccc3)=C(c3ccccc3)C2=O)cc1. The van der Waals surface area contributed by atoms with Crippen molar-refractivity contribution in [3.8, 4) is 5.75 Å². The highest BCUT2D eigenvalue weighted by Gasteiger charge is 2.31. The second-order valence-corrected chi connectivity index (χ2v) is 6.59. The molecule has 0 atom stereocenters. The van der Waals surface area contributed by atoms with Crippen molar-refractivity contribution in [2.75, 3.05) is 13.7 Å². The van der Waals surface area contributed by atoms with E-state index in [0.29, 0.717) is 13.1 Å². The zero-order valence-corrected chi connectivity index (χ0v) is 15.3. The maximum absolute atomic E-state index is 13.3. The van der Waals surface area contributed by atoms with E-state index in [1.807, 2.05) is 77.7 Å². The molecule has 1 aliphatic heterocycles. The number of hydrogen-bond acceptors (Lipinski definition) is 2. The van der Waals surface area contributed by atoms with Crippen LogP contribution in [0.4, 0.5) is 0 Å². The van der Waals surface area contributed by atoms with Gasteiger partial charge in [-0.3, -0.25) is 4.79 Å². The molecule has 0 unspecified atom stereocenters. The molecule has 27 heavy (non-hydrogen) atoms. The lowest BCUT2D eigenvalue weighted by Gasteiger charge is -2.17. The lowest BCUT2D eigenvalue weighted by Crippen LogP contribution is -2.26. The predicted octanol–water partition coefficient (Wildman–Crippen LogP) is 4.65. The molecule has 0 saturated carbocycles. The minimum atomic E-state index is 0.0795. The molecule has 1 aliphatic rings. The van der Waals surface area contributed by atoms with Gasteiger partial charge in [0.1, 0.15) is 5.75 Å². The summed E-state index contributed by atoms with van der Waals surface area (Å²) >= 11 is 0. The van der Waals surface area contributed by atoms with Gasteiger partial charge in [0, 0.05) is 13.1 Å². The molecule has 134 valence electrons. The van der Waals surface area contributed by atoms with Crippen LogP contribution in [0.2, 0.25) is 0 Å². The molecule has 0 N–H and O–H groups in total. The Bertz CT molecular complexity index is 960. The summed E-state index contributed by atoms with van der Waals surface area (Å²) in [6.07, 6.45) is 0. The Hall–Kier alpha value is -3.33. The van der Waals surface area contributed by atoms with E-state index in [0.717, 1.165) is 33.6 Å². The maximum Gasteiger partial charge on any atom is 0.255 e. The lowest BCUT2D eigenvalue weighted by atomic mass is 9.97. The van der Waals surface area contributed by atoms with Crippen LogP contribution in [-0.2, 0) is 11.3 Å². The Morgan fingerprint density at radius 3 is 2.00 bits per heavy atom. The smallest absolute Gasteiger partial charge is 0.255 e. The number of benzene rings is 3. The zero-order chi connectivity index (χ0) is 18.6. The highest BCUT2D eigenvalue weighted by atomic mass is 16.5. The molecule has 0 radical (unpaired) electrons. The number of methoxy groups -OCH3 is 1. The second kappa shape index (κ2) is 7.50. The lowest BCUT2D eigenvalue weighted by molar-refractivity contribution is -0.124. The summed E-state index contributed by atoms with van der Waals surface area (Å²) in [5.41, 5.74) is 5.04. The van der Waals surface area contributed by atoms with Gasteiger partial charge in [-0.15, -0.1) is 0 Å². The number of rotatable bonds is 5. The van der Waals surface area contributed by atoms with Crippen LogP contribution < -0.4 is 4.74 Å². The van der Waals surface area contributed by atoms with Crippen LogP contribution in [-0.4, -0.2) is 24.5 Å². The van der Waals surface area contributed by atoms with E-state index in [1.165, 1.54) is 0 Å². The zero-order valence-electron chi connectivity index (χ0n) is 15.3. The van der Waals surface area contributed by atoms with Gasteiger partial charge in [0.25, 0.3) is 5.91 Å². The summed E-state index contributed by atoms with van der Waals surface area (Å²) < 4.78 is 5.22. The maximum atomic E-state index is 13.3. The highest BCUT2D eigenvalue weighted by Crippen LogP contribution is 2.35. The van der Waals surface area contributed by atoms with Crippen LogP contribution in [0.15, 0.2) is 84.9 Å². The summed E-state index contributed by atoms with van der Waals surface area (Å²) in [6.45, 7) is 1.19. The van der Waals surface area contributed by atoms with Crippen LogP contribution >= 0.6 is 0 Å². The largest absolute Gasteiger partial charge is 0.497 e. The molecule has 3 aromatic rings. The van der Waals surface area contributed by atoms with E-state index < -0.39 is 0 Å². The predicted molar refractivity (Wildman–Crippen MR) is 108 cm³/mol. The van der Waals surface area contributed by atoms with E-state index >= 15 is 0 Å². The fraction of sp³-hybridized carbons (Fsp3) is 0.125. The first kappa shape index (κ1) is 17.1. The normalized spacial score (nSPS) is 14.0. The average molecular weight is 355 g/mol. The third-order valence-electron chi connectivity index (χ3n) is 4.87. The first-order valence-electron chi connectivity index (χ1n) is 9.02. The van der Waals surface area contributed by atoms with E-state index in [-0.39, 0.29) is 5.91 Å². The third kappa shape index (κ3) is 3.49. The van der Waals surface area contributed by atoms with E-state index in [1.54, 1.807) is 7.11 Å². The van der Waals surface area contributed by atoms with Gasteiger partial charge in [0.2, 0.25) is 0 Å². The fourth-order valence-corrected chi connectivity index (χ4v) is 3.49. The van der Waals surface area contributed by atoms with Crippen molar-refractivity contribution < 1.29 is 9.53 Å². The number of hydrogen-bond donors (Lipinski definition) is 0. The molecular weight excluding hydrogens is 334 g/mol. The Morgan fingerprint density at radius 2 is 1.41 bits per heavy atom. The standard InChI is InChI=1S/C24H21NO2/c1-27-21-14-12-18(13-15-21)16-25-17-22(19-8-4-2-5-9-19)23(24(25)26)20-10-6-3-7-11-20/h2-15H,16-17H2,1H3. The Kier molecular flexibility index (Phi) is 4.75. The Balaban J connectivity index is 1.68. The van der Waals surface area contributed by atoms with E-state index in [2.05, 4.69) is 12.1 Å². The van der Waals surface area contributed by atoms with Crippen molar-refractivity contribution in [3.05, 3.63) is 102 Å². The van der Waals surface area contributed by atoms with E-state index in [4.69, 9.17) is 4.74 Å². The Morgan fingerprint density at radius 1 is 0.815 bits per heavy atom. The number of carbonyl (C=O) groups is 1. The number of nitrogens with zero attached hydrogens (tertiary/aromatic N) is 1. The van der Waals surface area contributed by atoms with Gasteiger partial charge >= 0.3 is 0 Å². The molecule has 0 aliphatic carbocycles. The molecule has 3 nitrogen and oxygen atoms in total. The molecule has 3 heteroatoms. The third-order valence-corrected chi connectivity index (χ3v) is 4.87. The van der Waals surface area contributed by atoms with Crippen molar-refractivity contribution in [2.24, 2.45) is 0 Å². The van der Waals surface area contributed by atoms with Gasteiger partial charge in [0.05, 0.1) is 12.7 Å². The topological polar surface area (TPSA) is 29.5 Å². The van der Waals surface area contributed by atoms with Crippen molar-refractivity contribution in [3.63, 3.8) is 0 Å². The molecule has 4 rings (SSSR count). The van der Waals surface area contributed by atoms with Gasteiger partial charge in [-0.05, 0) is 34.4 Å². The average Bonchev–Trinajstić information content (AvgIpc) is 3.06. The molecule has 1 heterocycles. The molecule has 0 bridgehead atoms. The Labute approximate surface area is 159 Å². The molecule has 0 fully saturated rings. The van der Waals surface area contributed by atoms with Gasteiger partial charge in [-0.2, -0.15) is 0 Å². The summed E-state index contributed by atoms with van der Waals surface area (Å²) in [7, 11) is 1.65. The van der Waals surface area contributed by atoms with Gasteiger partial charge in [0.15, 0.2) is 0 Å². The van der Waals surface area contributed by atoms with Crippen LogP contribution in [0.3, 0.4) is 0 Å². The van der Waals surface area contributed by atoms with Crippen molar-refractivity contribution in [2.45, 2.75) is 6.54 Å². The van der Waals surface area contributed by atoms with Crippen molar-refractivity contribution in [1.82, 2.24) is 4.90 Å². The first-order valence-corrected chi connectivity index (χ1v) is 9.02. The highest BCUT2D eigenvalue weighted by molar-refractivity contribution is 6.30. The molecule has 3 aromatic carbocycles. The van der Waals surface area contributed by atoms with Gasteiger partial charge in [-0.25, -0.2) is 0 Å². The summed E-state index contributed by atoms with van der Waals surface area (Å²) in [4.78, 5) is 15.2. The summed E-state index contributed by atoms with van der Waals surface area (Å²) in [5, 5.41) is 0. The van der Waals surface area contributed by atoms with E-state index in [9.17, 15) is 4.79 Å². The minimum absolute atomic E-state index is 0.0795. The molecule has 0 saturated heterocycles. The summed E-state index contributed by atoms with van der Waals surface area (Å²) in [5.74, 6) is 0.899. The minimum Gasteiger partial charge on any atom is -0.497 e. The van der Waals surface area contributed by atoms with Crippen molar-refractivity contribution >= 4 is 17.1 Å². The summed E-state index contributed by atoms with van der Waals surface area (Å²) in [6, 6.07) is 28.0. The van der Waals surface area contributed by atoms with Crippen LogP contribution in [0.1, 0.15) is 16.7 Å². The molecule has 1 amide bonds. The number of carbonyl (C=O) groups excluding carboxylic acids is 1. The van der Waals surface area contributed by atoms with Crippen LogP contribution in [0, 0.1) is 0 Å².